The van der Waals surface area contributed by atoms with Gasteiger partial charge in [-0.2, -0.15) is 15.0 Å². The third-order valence-electron chi connectivity index (χ3n) is 2.12. The van der Waals surface area contributed by atoms with Gasteiger partial charge in [-0.25, -0.2) is 0 Å². The normalized spacial score (nSPS) is 10.4. The van der Waals surface area contributed by atoms with Crippen LogP contribution in [0.3, 0.4) is 0 Å². The molecule has 0 radical (unpaired) electrons. The summed E-state index contributed by atoms with van der Waals surface area (Å²) in [5.74, 6) is 0.595. The van der Waals surface area contributed by atoms with Crippen molar-refractivity contribution >= 4 is 17.5 Å². The Labute approximate surface area is 107 Å². The summed E-state index contributed by atoms with van der Waals surface area (Å²) in [4.78, 5) is 14.4. The van der Waals surface area contributed by atoms with Crippen molar-refractivity contribution in [3.63, 3.8) is 0 Å². The van der Waals surface area contributed by atoms with E-state index in [9.17, 15) is 0 Å². The zero-order chi connectivity index (χ0) is 12.7. The Balaban J connectivity index is 2.92. The maximum absolute atomic E-state index is 5.86. The van der Waals surface area contributed by atoms with Crippen LogP contribution in [0.25, 0.3) is 0 Å². The minimum Gasteiger partial charge on any atom is -0.464 e. The topological polar surface area (TPSA) is 51.1 Å². The Hall–Kier alpha value is -1.10. The van der Waals surface area contributed by atoms with E-state index in [0.29, 0.717) is 18.6 Å². The van der Waals surface area contributed by atoms with Crippen LogP contribution < -0.4 is 9.64 Å². The molecule has 0 unspecified atom stereocenters. The maximum atomic E-state index is 5.86. The molecule has 0 fully saturated rings. The molecule has 17 heavy (non-hydrogen) atoms. The first-order valence-electron chi connectivity index (χ1n) is 6.00. The maximum Gasteiger partial charge on any atom is 0.322 e. The highest BCUT2D eigenvalue weighted by atomic mass is 35.5. The Morgan fingerprint density at radius 3 is 2.24 bits per heavy atom. The number of nitrogens with zero attached hydrogens (tertiary/aromatic N) is 4. The second-order valence-corrected chi connectivity index (χ2v) is 3.95. The molecule has 0 aliphatic heterocycles. The lowest BCUT2D eigenvalue weighted by molar-refractivity contribution is 0.311. The van der Waals surface area contributed by atoms with Crippen molar-refractivity contribution in [1.82, 2.24) is 15.0 Å². The quantitative estimate of drug-likeness (QED) is 0.752. The molecule has 1 heterocycles. The summed E-state index contributed by atoms with van der Waals surface area (Å²) in [5.41, 5.74) is 0. The van der Waals surface area contributed by atoms with Gasteiger partial charge in [-0.15, -0.1) is 0 Å². The van der Waals surface area contributed by atoms with Crippen LogP contribution in [0, 0.1) is 0 Å². The van der Waals surface area contributed by atoms with E-state index >= 15 is 0 Å². The number of hydrogen-bond donors (Lipinski definition) is 0. The first-order valence-corrected chi connectivity index (χ1v) is 6.38. The molecule has 0 bridgehead atoms. The third kappa shape index (κ3) is 4.34. The van der Waals surface area contributed by atoms with Crippen LogP contribution in [0.4, 0.5) is 5.95 Å². The number of hydrogen-bond acceptors (Lipinski definition) is 5. The molecular weight excluding hydrogens is 240 g/mol. The highest BCUT2D eigenvalue weighted by Gasteiger charge is 2.12. The molecule has 0 saturated heterocycles. The number of rotatable bonds is 7. The SMILES string of the molecule is CCCN(CCC)c1nc(Cl)nc(OCC)n1. The van der Waals surface area contributed by atoms with Gasteiger partial charge in [-0.3, -0.25) is 0 Å². The van der Waals surface area contributed by atoms with Gasteiger partial charge < -0.3 is 9.64 Å². The molecule has 1 aromatic rings. The van der Waals surface area contributed by atoms with Crippen LogP contribution in [-0.2, 0) is 0 Å². The van der Waals surface area contributed by atoms with Gasteiger partial charge in [0.05, 0.1) is 6.61 Å². The zero-order valence-electron chi connectivity index (χ0n) is 10.6. The second kappa shape index (κ2) is 7.27. The molecular formula is C11H19ClN4O. The predicted molar refractivity (Wildman–Crippen MR) is 68.8 cm³/mol. The van der Waals surface area contributed by atoms with Crippen molar-refractivity contribution in [2.24, 2.45) is 0 Å². The summed E-state index contributed by atoms with van der Waals surface area (Å²) in [6, 6.07) is 0.291. The number of halogens is 1. The summed E-state index contributed by atoms with van der Waals surface area (Å²) in [6.45, 7) is 8.44. The van der Waals surface area contributed by atoms with Gasteiger partial charge in [0.2, 0.25) is 11.2 Å². The number of anilines is 1. The van der Waals surface area contributed by atoms with Crippen LogP contribution in [0.5, 0.6) is 6.01 Å². The zero-order valence-corrected chi connectivity index (χ0v) is 11.4. The van der Waals surface area contributed by atoms with Gasteiger partial charge >= 0.3 is 6.01 Å². The van der Waals surface area contributed by atoms with E-state index in [1.165, 1.54) is 0 Å². The predicted octanol–water partition coefficient (Wildman–Crippen LogP) is 2.55. The van der Waals surface area contributed by atoms with Crippen LogP contribution in [0.1, 0.15) is 33.6 Å². The summed E-state index contributed by atoms with van der Waals surface area (Å²) < 4.78 is 5.26. The first kappa shape index (κ1) is 14.0. The highest BCUT2D eigenvalue weighted by Crippen LogP contribution is 2.15. The minimum absolute atomic E-state index is 0.177. The lowest BCUT2D eigenvalue weighted by Gasteiger charge is -2.21. The lowest BCUT2D eigenvalue weighted by Crippen LogP contribution is -2.27. The molecule has 1 aromatic heterocycles. The van der Waals surface area contributed by atoms with Gasteiger partial charge in [0.15, 0.2) is 0 Å². The van der Waals surface area contributed by atoms with Gasteiger partial charge in [0.1, 0.15) is 0 Å². The highest BCUT2D eigenvalue weighted by molar-refractivity contribution is 6.28. The molecule has 0 aromatic carbocycles. The van der Waals surface area contributed by atoms with E-state index in [2.05, 4.69) is 33.7 Å². The second-order valence-electron chi connectivity index (χ2n) is 3.61. The third-order valence-corrected chi connectivity index (χ3v) is 2.29. The van der Waals surface area contributed by atoms with Crippen LogP contribution in [0.2, 0.25) is 5.28 Å². The molecule has 5 nitrogen and oxygen atoms in total. The van der Waals surface area contributed by atoms with E-state index in [0.717, 1.165) is 25.9 Å². The average Bonchev–Trinajstić information content (AvgIpc) is 2.28. The number of ether oxygens (including phenoxy) is 1. The fourth-order valence-electron chi connectivity index (χ4n) is 1.51. The Morgan fingerprint density at radius 2 is 1.71 bits per heavy atom. The largest absolute Gasteiger partial charge is 0.464 e. The summed E-state index contributed by atoms with van der Waals surface area (Å²) in [6.07, 6.45) is 2.07. The molecule has 0 amide bonds. The Bertz CT molecular complexity index is 342. The first-order chi connectivity index (χ1) is 8.21. The molecule has 1 rings (SSSR count). The molecule has 0 spiro atoms. The van der Waals surface area contributed by atoms with Gasteiger partial charge in [-0.1, -0.05) is 13.8 Å². The van der Waals surface area contributed by atoms with Crippen LogP contribution in [-0.4, -0.2) is 34.6 Å². The molecule has 0 atom stereocenters. The Morgan fingerprint density at radius 1 is 1.06 bits per heavy atom. The van der Waals surface area contributed by atoms with Crippen molar-refractivity contribution in [2.75, 3.05) is 24.6 Å². The van der Waals surface area contributed by atoms with Crippen molar-refractivity contribution in [3.8, 4) is 6.01 Å². The standard InChI is InChI=1S/C11H19ClN4O/c1-4-7-16(8-5-2)10-13-9(12)14-11(15-10)17-6-3/h4-8H2,1-3H3. The molecule has 0 aliphatic carbocycles. The minimum atomic E-state index is 0.177. The Kier molecular flexibility index (Phi) is 5.97. The van der Waals surface area contributed by atoms with E-state index < -0.39 is 0 Å². The van der Waals surface area contributed by atoms with Gasteiger partial charge in [-0.05, 0) is 31.4 Å². The van der Waals surface area contributed by atoms with Crippen molar-refractivity contribution in [3.05, 3.63) is 5.28 Å². The fraction of sp³-hybridized carbons (Fsp3) is 0.727. The van der Waals surface area contributed by atoms with E-state index in [-0.39, 0.29) is 5.28 Å². The monoisotopic (exact) mass is 258 g/mol. The van der Waals surface area contributed by atoms with Crippen molar-refractivity contribution < 1.29 is 4.74 Å². The molecule has 0 aliphatic rings. The van der Waals surface area contributed by atoms with E-state index in [1.54, 1.807) is 0 Å². The van der Waals surface area contributed by atoms with Crippen LogP contribution >= 0.6 is 11.6 Å². The van der Waals surface area contributed by atoms with Crippen molar-refractivity contribution in [1.29, 1.82) is 0 Å². The average molecular weight is 259 g/mol. The van der Waals surface area contributed by atoms with Crippen molar-refractivity contribution in [2.45, 2.75) is 33.6 Å². The lowest BCUT2D eigenvalue weighted by atomic mass is 10.4. The summed E-state index contributed by atoms with van der Waals surface area (Å²) in [7, 11) is 0. The van der Waals surface area contributed by atoms with Gasteiger partial charge in [0.25, 0.3) is 0 Å². The van der Waals surface area contributed by atoms with E-state index in [1.807, 2.05) is 6.92 Å². The fourth-order valence-corrected chi connectivity index (χ4v) is 1.66. The summed E-state index contributed by atoms with van der Waals surface area (Å²) >= 11 is 5.86. The molecule has 0 saturated carbocycles. The smallest absolute Gasteiger partial charge is 0.322 e. The van der Waals surface area contributed by atoms with Gasteiger partial charge in [0, 0.05) is 13.1 Å². The molecule has 6 heteroatoms. The van der Waals surface area contributed by atoms with E-state index in [4.69, 9.17) is 16.3 Å². The molecule has 0 N–H and O–H groups in total. The number of aromatic nitrogens is 3. The van der Waals surface area contributed by atoms with Crippen LogP contribution in [0.15, 0.2) is 0 Å². The molecule has 96 valence electrons. The summed E-state index contributed by atoms with van der Waals surface area (Å²) in [5, 5.41) is 0.177.